The van der Waals surface area contributed by atoms with Crippen molar-refractivity contribution in [3.8, 4) is 0 Å². The Kier molecular flexibility index (Phi) is 3.48. The van der Waals surface area contributed by atoms with Gasteiger partial charge in [-0.05, 0) is 0 Å². The number of hydrogen-bond acceptors (Lipinski definition) is 4. The van der Waals surface area contributed by atoms with Gasteiger partial charge in [-0.3, -0.25) is 4.79 Å². The third kappa shape index (κ3) is 2.84. The summed E-state index contributed by atoms with van der Waals surface area (Å²) >= 11 is 0. The Morgan fingerprint density at radius 3 is 2.73 bits per heavy atom. The molecule has 1 N–H and O–H groups in total. The minimum absolute atomic E-state index is 0.0306. The Morgan fingerprint density at radius 2 is 2.14 bits per heavy atom. The van der Waals surface area contributed by atoms with Crippen molar-refractivity contribution in [2.75, 3.05) is 12.8 Å². The maximum atomic E-state index is 12.8. The van der Waals surface area contributed by atoms with Crippen LogP contribution in [-0.4, -0.2) is 52.9 Å². The maximum Gasteiger partial charge on any atom is 0.252 e. The monoisotopic (exact) mass is 334 g/mol. The van der Waals surface area contributed by atoms with E-state index in [1.807, 2.05) is 0 Å². The van der Waals surface area contributed by atoms with Crippen LogP contribution in [0.15, 0.2) is 12.5 Å². The van der Waals surface area contributed by atoms with E-state index >= 15 is 0 Å². The number of rotatable bonds is 3. The van der Waals surface area contributed by atoms with E-state index in [2.05, 4.69) is 10.3 Å². The molecule has 1 unspecified atom stereocenters. The molecule has 7 nitrogen and oxygen atoms in total. The number of halogens is 2. The zero-order chi connectivity index (χ0) is 16.1. The molecule has 0 saturated heterocycles. The van der Waals surface area contributed by atoms with Crippen molar-refractivity contribution in [3.63, 3.8) is 0 Å². The van der Waals surface area contributed by atoms with Crippen LogP contribution in [0.5, 0.6) is 0 Å². The number of sulfonamides is 1. The Bertz CT molecular complexity index is 695. The van der Waals surface area contributed by atoms with Crippen LogP contribution in [0.1, 0.15) is 24.6 Å². The van der Waals surface area contributed by atoms with Gasteiger partial charge in [0.15, 0.2) is 0 Å². The largest absolute Gasteiger partial charge is 0.351 e. The van der Waals surface area contributed by atoms with E-state index < -0.39 is 33.9 Å². The topological polar surface area (TPSA) is 84.3 Å². The van der Waals surface area contributed by atoms with Gasteiger partial charge in [0.2, 0.25) is 15.9 Å². The van der Waals surface area contributed by atoms with Crippen LogP contribution in [-0.2, 0) is 21.4 Å². The summed E-state index contributed by atoms with van der Waals surface area (Å²) in [5, 5.41) is 2.56. The minimum atomic E-state index is -3.46. The standard InChI is InChI=1S/C12H16F2N4O3S/c1-22(20,21)17-5-9-4-15-7-18(9)10(6-17)11(19)16-8-2-12(13,14)3-8/h4,7-8,10H,2-3,5-6H2,1H3,(H,16,19). The number of fused-ring (bicyclic) bond motifs is 1. The van der Waals surface area contributed by atoms with Crippen molar-refractivity contribution in [2.45, 2.75) is 37.4 Å². The van der Waals surface area contributed by atoms with Gasteiger partial charge in [0.1, 0.15) is 6.04 Å². The van der Waals surface area contributed by atoms with Gasteiger partial charge in [-0.15, -0.1) is 0 Å². The number of nitrogens with one attached hydrogen (secondary N) is 1. The van der Waals surface area contributed by atoms with Gasteiger partial charge in [-0.1, -0.05) is 0 Å². The highest BCUT2D eigenvalue weighted by molar-refractivity contribution is 7.88. The molecule has 0 radical (unpaired) electrons. The molecule has 0 bridgehead atoms. The molecular formula is C12H16F2N4O3S. The molecule has 0 spiro atoms. The van der Waals surface area contributed by atoms with Crippen LogP contribution < -0.4 is 5.32 Å². The van der Waals surface area contributed by atoms with E-state index in [1.54, 1.807) is 4.57 Å². The molecule has 1 atom stereocenters. The van der Waals surface area contributed by atoms with Gasteiger partial charge < -0.3 is 9.88 Å². The number of hydrogen-bond donors (Lipinski definition) is 1. The fourth-order valence-corrected chi connectivity index (χ4v) is 3.56. The van der Waals surface area contributed by atoms with E-state index in [4.69, 9.17) is 0 Å². The highest BCUT2D eigenvalue weighted by Gasteiger charge is 2.47. The smallest absolute Gasteiger partial charge is 0.252 e. The lowest BCUT2D eigenvalue weighted by Gasteiger charge is -2.38. The summed E-state index contributed by atoms with van der Waals surface area (Å²) < 4.78 is 51.9. The molecule has 1 amide bonds. The number of carbonyl (C=O) groups excluding carboxylic acids is 1. The predicted molar refractivity (Wildman–Crippen MR) is 72.6 cm³/mol. The van der Waals surface area contributed by atoms with Gasteiger partial charge >= 0.3 is 0 Å². The summed E-state index contributed by atoms with van der Waals surface area (Å²) in [5.41, 5.74) is 0.593. The molecule has 1 fully saturated rings. The number of aromatic nitrogens is 2. The molecule has 0 aromatic carbocycles. The average Bonchev–Trinajstić information content (AvgIpc) is 2.82. The van der Waals surface area contributed by atoms with Crippen molar-refractivity contribution in [1.29, 1.82) is 0 Å². The summed E-state index contributed by atoms with van der Waals surface area (Å²) in [6, 6.07) is -1.36. The van der Waals surface area contributed by atoms with Gasteiger partial charge in [-0.25, -0.2) is 22.2 Å². The molecule has 1 aromatic rings. The van der Waals surface area contributed by atoms with Crippen molar-refractivity contribution >= 4 is 15.9 Å². The van der Waals surface area contributed by atoms with E-state index in [0.29, 0.717) is 5.69 Å². The SMILES string of the molecule is CS(=O)(=O)N1Cc2cncn2C(C(=O)NC2CC(F)(F)C2)C1. The maximum absolute atomic E-state index is 12.8. The molecule has 1 aliphatic heterocycles. The minimum Gasteiger partial charge on any atom is -0.351 e. The number of alkyl halides is 2. The van der Waals surface area contributed by atoms with E-state index in [0.717, 1.165) is 6.26 Å². The second kappa shape index (κ2) is 4.98. The molecule has 1 aliphatic carbocycles. The molecular weight excluding hydrogens is 318 g/mol. The third-order valence-corrected chi connectivity index (χ3v) is 5.22. The van der Waals surface area contributed by atoms with Crippen LogP contribution in [0.25, 0.3) is 0 Å². The molecule has 2 aliphatic rings. The predicted octanol–water partition coefficient (Wildman–Crippen LogP) is 0.113. The van der Waals surface area contributed by atoms with Crippen LogP contribution >= 0.6 is 0 Å². The lowest BCUT2D eigenvalue weighted by molar-refractivity contribution is -0.132. The normalized spacial score (nSPS) is 25.3. The Morgan fingerprint density at radius 1 is 1.45 bits per heavy atom. The molecule has 1 saturated carbocycles. The third-order valence-electron chi connectivity index (χ3n) is 4.01. The first-order chi connectivity index (χ1) is 10.2. The van der Waals surface area contributed by atoms with Gasteiger partial charge in [-0.2, -0.15) is 4.31 Å². The van der Waals surface area contributed by atoms with Crippen LogP contribution in [0, 0.1) is 0 Å². The van der Waals surface area contributed by atoms with Crippen molar-refractivity contribution in [2.24, 2.45) is 0 Å². The molecule has 122 valence electrons. The van der Waals surface area contributed by atoms with Crippen molar-refractivity contribution in [1.82, 2.24) is 19.2 Å². The van der Waals surface area contributed by atoms with E-state index in [-0.39, 0.29) is 25.9 Å². The molecule has 3 rings (SSSR count). The van der Waals surface area contributed by atoms with Crippen LogP contribution in [0.3, 0.4) is 0 Å². The van der Waals surface area contributed by atoms with Gasteiger partial charge in [0.25, 0.3) is 5.92 Å². The lowest BCUT2D eigenvalue weighted by atomic mass is 9.88. The first-order valence-corrected chi connectivity index (χ1v) is 8.64. The number of imidazole rings is 1. The van der Waals surface area contributed by atoms with E-state index in [1.165, 1.54) is 16.8 Å². The van der Waals surface area contributed by atoms with Crippen LogP contribution in [0.2, 0.25) is 0 Å². The van der Waals surface area contributed by atoms with Crippen LogP contribution in [0.4, 0.5) is 8.78 Å². The molecule has 2 heterocycles. The average molecular weight is 334 g/mol. The quantitative estimate of drug-likeness (QED) is 0.850. The van der Waals surface area contributed by atoms with Gasteiger partial charge in [0.05, 0.1) is 24.8 Å². The summed E-state index contributed by atoms with van der Waals surface area (Å²) in [5.74, 6) is -3.18. The fraction of sp³-hybridized carbons (Fsp3) is 0.667. The second-order valence-electron chi connectivity index (χ2n) is 5.83. The first-order valence-electron chi connectivity index (χ1n) is 6.80. The number of nitrogens with zero attached hydrogens (tertiary/aromatic N) is 3. The van der Waals surface area contributed by atoms with Gasteiger partial charge in [0, 0.05) is 31.6 Å². The van der Waals surface area contributed by atoms with E-state index in [9.17, 15) is 22.0 Å². The zero-order valence-corrected chi connectivity index (χ0v) is 12.7. The Labute approximate surface area is 126 Å². The number of carbonyl (C=O) groups is 1. The van der Waals surface area contributed by atoms with Crippen molar-refractivity contribution < 1.29 is 22.0 Å². The number of amides is 1. The molecule has 1 aromatic heterocycles. The zero-order valence-electron chi connectivity index (χ0n) is 11.9. The first kappa shape index (κ1) is 15.3. The highest BCUT2D eigenvalue weighted by Crippen LogP contribution is 2.37. The lowest BCUT2D eigenvalue weighted by Crippen LogP contribution is -2.54. The van der Waals surface area contributed by atoms with Crippen molar-refractivity contribution in [3.05, 3.63) is 18.2 Å². The Balaban J connectivity index is 1.76. The second-order valence-corrected chi connectivity index (χ2v) is 7.82. The summed E-state index contributed by atoms with van der Waals surface area (Å²) in [7, 11) is -3.46. The summed E-state index contributed by atoms with van der Waals surface area (Å²) in [6.45, 7) is 0.112. The molecule has 22 heavy (non-hydrogen) atoms. The summed E-state index contributed by atoms with van der Waals surface area (Å²) in [6.07, 6.45) is 3.26. The fourth-order valence-electron chi connectivity index (χ4n) is 2.78. The highest BCUT2D eigenvalue weighted by atomic mass is 32.2. The Hall–Kier alpha value is -1.55. The summed E-state index contributed by atoms with van der Waals surface area (Å²) in [4.78, 5) is 16.3. The molecule has 10 heteroatoms.